The number of rotatable bonds is 1. The lowest BCUT2D eigenvalue weighted by Crippen LogP contribution is -2.34. The normalized spacial score (nSPS) is 24.5. The molecule has 0 aliphatic carbocycles. The van der Waals surface area contributed by atoms with Crippen molar-refractivity contribution in [1.29, 1.82) is 0 Å². The van der Waals surface area contributed by atoms with Crippen LogP contribution in [-0.2, 0) is 0 Å². The first-order valence-electron chi connectivity index (χ1n) is 5.19. The molecule has 0 fully saturated rings. The number of fused-ring (bicyclic) bond motifs is 1. The fourth-order valence-corrected chi connectivity index (χ4v) is 1.85. The summed E-state index contributed by atoms with van der Waals surface area (Å²) in [6.07, 6.45) is 6.18. The number of allylic oxidation sites excluding steroid dienone is 1. The number of hydrogen-bond donors (Lipinski definition) is 0. The van der Waals surface area contributed by atoms with Gasteiger partial charge in [-0.1, -0.05) is 31.2 Å². The molecule has 1 heterocycles. The van der Waals surface area contributed by atoms with Crippen LogP contribution in [0.4, 0.5) is 4.39 Å². The van der Waals surface area contributed by atoms with E-state index in [9.17, 15) is 4.39 Å². The fourth-order valence-electron chi connectivity index (χ4n) is 1.85. The second-order valence-electron chi connectivity index (χ2n) is 3.87. The Labute approximate surface area is 88.7 Å². The Bertz CT molecular complexity index is 502. The zero-order valence-corrected chi connectivity index (χ0v) is 8.94. The van der Waals surface area contributed by atoms with Crippen LogP contribution in [0.5, 0.6) is 0 Å². The van der Waals surface area contributed by atoms with E-state index in [0.717, 1.165) is 10.6 Å². The second kappa shape index (κ2) is 3.97. The summed E-state index contributed by atoms with van der Waals surface area (Å²) in [6.45, 7) is 4.10. The molecule has 1 aliphatic rings. The van der Waals surface area contributed by atoms with Crippen molar-refractivity contribution in [3.63, 3.8) is 0 Å². The molecule has 2 unspecified atom stereocenters. The third kappa shape index (κ3) is 1.99. The molecule has 2 atom stereocenters. The van der Waals surface area contributed by atoms with E-state index in [1.165, 1.54) is 12.1 Å². The summed E-state index contributed by atoms with van der Waals surface area (Å²) in [4.78, 5) is 4.52. The van der Waals surface area contributed by atoms with Crippen LogP contribution < -0.4 is 10.6 Å². The highest BCUT2D eigenvalue weighted by Gasteiger charge is 2.13. The molecule has 1 aromatic carbocycles. The Morgan fingerprint density at radius 2 is 2.20 bits per heavy atom. The molecule has 0 bridgehead atoms. The lowest BCUT2D eigenvalue weighted by Gasteiger charge is -2.16. The molecule has 0 amide bonds. The zero-order chi connectivity index (χ0) is 10.8. The Balaban J connectivity index is 2.58. The summed E-state index contributed by atoms with van der Waals surface area (Å²) in [5, 5.41) is 1.79. The van der Waals surface area contributed by atoms with Gasteiger partial charge in [-0.05, 0) is 24.3 Å². The van der Waals surface area contributed by atoms with E-state index in [2.05, 4.69) is 24.1 Å². The highest BCUT2D eigenvalue weighted by Crippen LogP contribution is 2.11. The summed E-state index contributed by atoms with van der Waals surface area (Å²) < 4.78 is 13.0. The predicted molar refractivity (Wildman–Crippen MR) is 59.4 cm³/mol. The minimum absolute atomic E-state index is 0.143. The van der Waals surface area contributed by atoms with Gasteiger partial charge in [0.15, 0.2) is 0 Å². The lowest BCUT2D eigenvalue weighted by molar-refractivity contribution is 0.610. The second-order valence-corrected chi connectivity index (χ2v) is 3.87. The van der Waals surface area contributed by atoms with Crippen molar-refractivity contribution in [2.24, 2.45) is 10.9 Å². The number of nitrogens with zero attached hydrogens (tertiary/aromatic N) is 1. The van der Waals surface area contributed by atoms with Crippen molar-refractivity contribution in [1.82, 2.24) is 0 Å². The smallest absolute Gasteiger partial charge is 0.125 e. The first-order valence-corrected chi connectivity index (χ1v) is 5.19. The maximum atomic E-state index is 13.0. The van der Waals surface area contributed by atoms with Crippen LogP contribution in [0.3, 0.4) is 0 Å². The molecule has 0 aromatic heterocycles. The fraction of sp³-hybridized carbons (Fsp3) is 0.308. The molecular weight excluding hydrogens is 189 g/mol. The summed E-state index contributed by atoms with van der Waals surface area (Å²) in [6, 6.07) is 4.91. The molecule has 2 heteroatoms. The Kier molecular flexibility index (Phi) is 2.67. The summed E-state index contributed by atoms with van der Waals surface area (Å²) in [5.41, 5.74) is 0. The molecule has 2 rings (SSSR count). The number of benzene rings is 1. The molecular formula is C13H14FN. The Morgan fingerprint density at radius 1 is 1.40 bits per heavy atom. The van der Waals surface area contributed by atoms with Gasteiger partial charge in [0.2, 0.25) is 0 Å². The molecule has 1 aromatic rings. The first kappa shape index (κ1) is 10.1. The van der Waals surface area contributed by atoms with Crippen molar-refractivity contribution in [3.05, 3.63) is 46.7 Å². The lowest BCUT2D eigenvalue weighted by atomic mass is 9.98. The van der Waals surface area contributed by atoms with E-state index in [-0.39, 0.29) is 11.9 Å². The Hall–Kier alpha value is -1.44. The molecule has 0 saturated carbocycles. The SMILES string of the molecule is CC=CC1N=c2cc(F)ccc2=CC1C. The molecule has 0 saturated heterocycles. The standard InChI is InChI=1S/C13H14FN/c1-3-4-12-9(2)7-10-5-6-11(14)8-13(10)15-12/h3-9,12H,1-2H3. The van der Waals surface area contributed by atoms with Crippen molar-refractivity contribution in [2.75, 3.05) is 0 Å². The van der Waals surface area contributed by atoms with Crippen LogP contribution in [0.25, 0.3) is 6.08 Å². The van der Waals surface area contributed by atoms with Gasteiger partial charge in [-0.3, -0.25) is 4.99 Å². The van der Waals surface area contributed by atoms with E-state index in [4.69, 9.17) is 0 Å². The van der Waals surface area contributed by atoms with Crippen molar-refractivity contribution in [3.8, 4) is 0 Å². The highest BCUT2D eigenvalue weighted by atomic mass is 19.1. The van der Waals surface area contributed by atoms with Crippen LogP contribution in [0.2, 0.25) is 0 Å². The van der Waals surface area contributed by atoms with Gasteiger partial charge in [0, 0.05) is 5.92 Å². The molecule has 0 spiro atoms. The first-order chi connectivity index (χ1) is 7.20. The zero-order valence-electron chi connectivity index (χ0n) is 8.94. The highest BCUT2D eigenvalue weighted by molar-refractivity contribution is 5.32. The van der Waals surface area contributed by atoms with E-state index < -0.39 is 0 Å². The minimum atomic E-state index is -0.223. The summed E-state index contributed by atoms with van der Waals surface area (Å²) >= 11 is 0. The molecule has 0 N–H and O–H groups in total. The van der Waals surface area contributed by atoms with E-state index in [1.54, 1.807) is 6.07 Å². The van der Waals surface area contributed by atoms with Crippen LogP contribution in [0.1, 0.15) is 13.8 Å². The van der Waals surface area contributed by atoms with Gasteiger partial charge in [0.1, 0.15) is 5.82 Å². The summed E-state index contributed by atoms with van der Waals surface area (Å²) in [7, 11) is 0. The third-order valence-electron chi connectivity index (χ3n) is 2.65. The summed E-state index contributed by atoms with van der Waals surface area (Å²) in [5.74, 6) is 0.152. The van der Waals surface area contributed by atoms with Gasteiger partial charge in [0.25, 0.3) is 0 Å². The van der Waals surface area contributed by atoms with Gasteiger partial charge in [-0.25, -0.2) is 4.39 Å². The van der Waals surface area contributed by atoms with Gasteiger partial charge in [0.05, 0.1) is 11.4 Å². The van der Waals surface area contributed by atoms with Crippen molar-refractivity contribution in [2.45, 2.75) is 19.9 Å². The average Bonchev–Trinajstić information content (AvgIpc) is 2.20. The average molecular weight is 203 g/mol. The molecule has 78 valence electrons. The minimum Gasteiger partial charge on any atom is -0.277 e. The quantitative estimate of drug-likeness (QED) is 0.617. The maximum Gasteiger partial charge on any atom is 0.125 e. The maximum absolute atomic E-state index is 13.0. The van der Waals surface area contributed by atoms with E-state index in [0.29, 0.717) is 5.92 Å². The van der Waals surface area contributed by atoms with Gasteiger partial charge < -0.3 is 0 Å². The number of hydrogen-bond acceptors (Lipinski definition) is 1. The molecule has 1 nitrogen and oxygen atoms in total. The van der Waals surface area contributed by atoms with Crippen LogP contribution in [0.15, 0.2) is 35.3 Å². The van der Waals surface area contributed by atoms with E-state index >= 15 is 0 Å². The van der Waals surface area contributed by atoms with Crippen molar-refractivity contribution >= 4 is 6.08 Å². The molecule has 0 radical (unpaired) electrons. The predicted octanol–water partition coefficient (Wildman–Crippen LogP) is 1.82. The topological polar surface area (TPSA) is 12.4 Å². The van der Waals surface area contributed by atoms with Crippen LogP contribution >= 0.6 is 0 Å². The molecule has 1 aliphatic heterocycles. The van der Waals surface area contributed by atoms with Gasteiger partial charge in [-0.15, -0.1) is 0 Å². The third-order valence-corrected chi connectivity index (χ3v) is 2.65. The van der Waals surface area contributed by atoms with Gasteiger partial charge in [-0.2, -0.15) is 0 Å². The van der Waals surface area contributed by atoms with Gasteiger partial charge >= 0.3 is 0 Å². The monoisotopic (exact) mass is 203 g/mol. The van der Waals surface area contributed by atoms with Crippen molar-refractivity contribution < 1.29 is 4.39 Å². The molecule has 15 heavy (non-hydrogen) atoms. The van der Waals surface area contributed by atoms with Crippen LogP contribution in [0, 0.1) is 11.7 Å². The van der Waals surface area contributed by atoms with Crippen LogP contribution in [-0.4, -0.2) is 6.04 Å². The largest absolute Gasteiger partial charge is 0.277 e. The Morgan fingerprint density at radius 3 is 2.93 bits per heavy atom. The van der Waals surface area contributed by atoms with E-state index in [1.807, 2.05) is 13.0 Å². The number of halogens is 1.